The van der Waals surface area contributed by atoms with Crippen LogP contribution in [0, 0.1) is 0 Å². The van der Waals surface area contributed by atoms with Gasteiger partial charge in [-0.05, 0) is 24.6 Å². The first-order valence-corrected chi connectivity index (χ1v) is 5.19. The fourth-order valence-electron chi connectivity index (χ4n) is 1.17. The summed E-state index contributed by atoms with van der Waals surface area (Å²) in [5, 5.41) is 0.377. The smallest absolute Gasteiger partial charge is 0.318 e. The Kier molecular flexibility index (Phi) is 3.77. The molecule has 0 saturated carbocycles. The van der Waals surface area contributed by atoms with Gasteiger partial charge in [-0.2, -0.15) is 13.2 Å². The summed E-state index contributed by atoms with van der Waals surface area (Å²) < 4.78 is 37.7. The van der Waals surface area contributed by atoms with E-state index in [9.17, 15) is 13.2 Å². The lowest BCUT2D eigenvalue weighted by atomic mass is 9.93. The number of halogens is 5. The van der Waals surface area contributed by atoms with Gasteiger partial charge in [0.2, 0.25) is 0 Å². The third-order valence-corrected chi connectivity index (χ3v) is 2.96. The van der Waals surface area contributed by atoms with Crippen LogP contribution in [0.4, 0.5) is 13.2 Å². The van der Waals surface area contributed by atoms with Gasteiger partial charge >= 0.3 is 6.18 Å². The Morgan fingerprint density at radius 3 is 2.00 bits per heavy atom. The van der Waals surface area contributed by atoms with Crippen LogP contribution >= 0.6 is 23.2 Å². The molecule has 6 heteroatoms. The molecule has 0 fully saturated rings. The van der Waals surface area contributed by atoms with E-state index in [-0.39, 0.29) is 15.6 Å². The van der Waals surface area contributed by atoms with Crippen LogP contribution in [0.1, 0.15) is 12.5 Å². The summed E-state index contributed by atoms with van der Waals surface area (Å²) in [6.45, 7) is 0.909. The molecule has 0 spiro atoms. The maximum Gasteiger partial charge on any atom is 0.406 e. The molecule has 1 atom stereocenters. The molecule has 0 bridgehead atoms. The van der Waals surface area contributed by atoms with Crippen molar-refractivity contribution in [2.24, 2.45) is 5.73 Å². The summed E-state index contributed by atoms with van der Waals surface area (Å²) in [6.07, 6.45) is -4.95. The standard InChI is InChI=1S/C10H10Cl2F3N/c1-9(16,10(13,14)15)5-6-7(11)3-2-4-8(6)12/h2-4H,5,16H2,1H3. The highest BCUT2D eigenvalue weighted by Gasteiger charge is 2.48. The molecule has 1 rings (SSSR count). The van der Waals surface area contributed by atoms with E-state index in [1.54, 1.807) is 6.07 Å². The SMILES string of the molecule is CC(N)(Cc1c(Cl)cccc1Cl)C(F)(F)F. The van der Waals surface area contributed by atoms with Crippen molar-refractivity contribution < 1.29 is 13.2 Å². The van der Waals surface area contributed by atoms with Gasteiger partial charge in [-0.15, -0.1) is 0 Å². The highest BCUT2D eigenvalue weighted by molar-refractivity contribution is 6.36. The molecule has 0 aliphatic carbocycles. The predicted molar refractivity (Wildman–Crippen MR) is 58.8 cm³/mol. The minimum Gasteiger partial charge on any atom is -0.318 e. The molecule has 1 unspecified atom stereocenters. The minimum absolute atomic E-state index is 0.188. The van der Waals surface area contributed by atoms with Gasteiger partial charge in [0.05, 0.1) is 0 Å². The molecule has 0 amide bonds. The van der Waals surface area contributed by atoms with E-state index in [2.05, 4.69) is 0 Å². The van der Waals surface area contributed by atoms with Crippen LogP contribution in [0.2, 0.25) is 10.0 Å². The van der Waals surface area contributed by atoms with Crippen LogP contribution in [0.25, 0.3) is 0 Å². The molecular weight excluding hydrogens is 262 g/mol. The van der Waals surface area contributed by atoms with Gasteiger partial charge in [0.1, 0.15) is 5.54 Å². The van der Waals surface area contributed by atoms with Gasteiger partial charge in [-0.25, -0.2) is 0 Å². The van der Waals surface area contributed by atoms with Crippen molar-refractivity contribution in [2.75, 3.05) is 0 Å². The van der Waals surface area contributed by atoms with Crippen molar-refractivity contribution in [3.05, 3.63) is 33.8 Å². The maximum absolute atomic E-state index is 12.6. The third-order valence-electron chi connectivity index (χ3n) is 2.25. The minimum atomic E-state index is -4.50. The van der Waals surface area contributed by atoms with E-state index in [0.29, 0.717) is 0 Å². The average Bonchev–Trinajstić information content (AvgIpc) is 2.10. The van der Waals surface area contributed by atoms with Crippen molar-refractivity contribution >= 4 is 23.2 Å². The Balaban J connectivity index is 3.06. The predicted octanol–water partition coefficient (Wildman–Crippen LogP) is 3.82. The van der Waals surface area contributed by atoms with Gasteiger partial charge in [-0.1, -0.05) is 29.3 Å². The Labute approximate surface area is 101 Å². The van der Waals surface area contributed by atoms with Crippen LogP contribution < -0.4 is 5.73 Å². The third kappa shape index (κ3) is 2.81. The lowest BCUT2D eigenvalue weighted by Gasteiger charge is -2.28. The Morgan fingerprint density at radius 2 is 1.62 bits per heavy atom. The van der Waals surface area contributed by atoms with E-state index < -0.39 is 18.1 Å². The molecule has 0 heterocycles. The summed E-state index contributed by atoms with van der Waals surface area (Å²) >= 11 is 11.6. The molecule has 1 aromatic rings. The first kappa shape index (κ1) is 13.6. The molecule has 0 saturated heterocycles. The average molecular weight is 272 g/mol. The van der Waals surface area contributed by atoms with Crippen LogP contribution in [0.5, 0.6) is 0 Å². The van der Waals surface area contributed by atoms with Crippen molar-refractivity contribution in [2.45, 2.75) is 25.1 Å². The lowest BCUT2D eigenvalue weighted by molar-refractivity contribution is -0.180. The topological polar surface area (TPSA) is 26.0 Å². The molecule has 0 aromatic heterocycles. The largest absolute Gasteiger partial charge is 0.406 e. The summed E-state index contributed by atoms with van der Waals surface area (Å²) in [4.78, 5) is 0. The Morgan fingerprint density at radius 1 is 1.19 bits per heavy atom. The number of hydrogen-bond acceptors (Lipinski definition) is 1. The van der Waals surface area contributed by atoms with E-state index in [1.807, 2.05) is 0 Å². The fourth-order valence-corrected chi connectivity index (χ4v) is 1.70. The number of benzene rings is 1. The molecule has 0 aliphatic rings. The van der Waals surface area contributed by atoms with Gasteiger partial charge < -0.3 is 5.73 Å². The quantitative estimate of drug-likeness (QED) is 0.870. The van der Waals surface area contributed by atoms with Crippen molar-refractivity contribution in [3.8, 4) is 0 Å². The number of nitrogens with two attached hydrogens (primary N) is 1. The first-order valence-electron chi connectivity index (χ1n) is 4.43. The van der Waals surface area contributed by atoms with E-state index >= 15 is 0 Å². The molecular formula is C10H10Cl2F3N. The van der Waals surface area contributed by atoms with Crippen molar-refractivity contribution in [1.29, 1.82) is 0 Å². The maximum atomic E-state index is 12.6. The second kappa shape index (κ2) is 4.43. The summed E-state index contributed by atoms with van der Waals surface area (Å²) in [5.74, 6) is 0. The molecule has 0 aliphatic heterocycles. The van der Waals surface area contributed by atoms with Gasteiger partial charge in [0.15, 0.2) is 0 Å². The van der Waals surface area contributed by atoms with Crippen LogP contribution in [-0.4, -0.2) is 11.7 Å². The van der Waals surface area contributed by atoms with Crippen molar-refractivity contribution in [1.82, 2.24) is 0 Å². The highest BCUT2D eigenvalue weighted by atomic mass is 35.5. The van der Waals surface area contributed by atoms with Crippen LogP contribution in [0.15, 0.2) is 18.2 Å². The zero-order chi connectivity index (χ0) is 12.6. The van der Waals surface area contributed by atoms with Gasteiger partial charge in [0.25, 0.3) is 0 Å². The van der Waals surface area contributed by atoms with E-state index in [1.165, 1.54) is 12.1 Å². The molecule has 90 valence electrons. The number of rotatable bonds is 2. The van der Waals surface area contributed by atoms with E-state index in [4.69, 9.17) is 28.9 Å². The Bertz CT molecular complexity index is 368. The number of hydrogen-bond donors (Lipinski definition) is 1. The summed E-state index contributed by atoms with van der Waals surface area (Å²) in [5.41, 5.74) is 3.09. The van der Waals surface area contributed by atoms with Gasteiger partial charge in [0, 0.05) is 16.5 Å². The highest BCUT2D eigenvalue weighted by Crippen LogP contribution is 2.35. The van der Waals surface area contributed by atoms with E-state index in [0.717, 1.165) is 6.92 Å². The van der Waals surface area contributed by atoms with Crippen LogP contribution in [-0.2, 0) is 6.42 Å². The normalized spacial score (nSPS) is 15.9. The fraction of sp³-hybridized carbons (Fsp3) is 0.400. The Hall–Kier alpha value is -0.450. The van der Waals surface area contributed by atoms with Crippen LogP contribution in [0.3, 0.4) is 0 Å². The summed E-state index contributed by atoms with van der Waals surface area (Å²) in [7, 11) is 0. The molecule has 2 N–H and O–H groups in total. The van der Waals surface area contributed by atoms with Gasteiger partial charge in [-0.3, -0.25) is 0 Å². The zero-order valence-corrected chi connectivity index (χ0v) is 9.92. The lowest BCUT2D eigenvalue weighted by Crippen LogP contribution is -2.52. The zero-order valence-electron chi connectivity index (χ0n) is 8.41. The molecule has 1 aromatic carbocycles. The van der Waals surface area contributed by atoms with Crippen molar-refractivity contribution in [3.63, 3.8) is 0 Å². The molecule has 16 heavy (non-hydrogen) atoms. The molecule has 0 radical (unpaired) electrons. The molecule has 1 nitrogen and oxygen atoms in total. The monoisotopic (exact) mass is 271 g/mol. The second-order valence-electron chi connectivity index (χ2n) is 3.79. The number of alkyl halides is 3. The second-order valence-corrected chi connectivity index (χ2v) is 4.61. The first-order chi connectivity index (χ1) is 7.15. The summed E-state index contributed by atoms with van der Waals surface area (Å²) in [6, 6.07) is 4.53.